The number of carbonyl (C=O) groups is 1. The topological polar surface area (TPSA) is 40.8 Å². The number of rotatable bonds is 4. The zero-order valence-corrected chi connectivity index (χ0v) is 14.4. The molecule has 2 heterocycles. The van der Waals surface area contributed by atoms with E-state index in [-0.39, 0.29) is 11.9 Å². The van der Waals surface area contributed by atoms with Gasteiger partial charge in [0.1, 0.15) is 5.82 Å². The fraction of sp³-hybridized carbons (Fsp3) is 0.350. The lowest BCUT2D eigenvalue weighted by Crippen LogP contribution is -2.47. The van der Waals surface area contributed by atoms with Gasteiger partial charge in [0.25, 0.3) is 0 Å². The van der Waals surface area contributed by atoms with Crippen LogP contribution in [0.15, 0.2) is 48.7 Å². The van der Waals surface area contributed by atoms with E-state index in [1.54, 1.807) is 12.3 Å². The maximum Gasteiger partial charge on any atom is 0.226 e. The Morgan fingerprint density at radius 3 is 2.52 bits per heavy atom. The van der Waals surface area contributed by atoms with Gasteiger partial charge in [-0.25, -0.2) is 4.85 Å². The molecule has 25 heavy (non-hydrogen) atoms. The molecule has 0 aliphatic carbocycles. The summed E-state index contributed by atoms with van der Waals surface area (Å²) in [6.07, 6.45) is 3.94. The van der Waals surface area contributed by atoms with Crippen LogP contribution in [0.5, 0.6) is 0 Å². The lowest BCUT2D eigenvalue weighted by molar-refractivity contribution is -0.118. The van der Waals surface area contributed by atoms with Crippen molar-refractivity contribution in [3.05, 3.63) is 60.1 Å². The Bertz CT molecular complexity index is 744. The van der Waals surface area contributed by atoms with Crippen LogP contribution in [0.3, 0.4) is 0 Å². The number of nitrogens with zero attached hydrogens (tertiary/aromatic N) is 4. The largest absolute Gasteiger partial charge is 0.357 e. The van der Waals surface area contributed by atoms with Crippen LogP contribution in [0.4, 0.5) is 17.2 Å². The lowest BCUT2D eigenvalue weighted by atomic mass is 10.0. The van der Waals surface area contributed by atoms with E-state index >= 15 is 0 Å². The molecule has 0 N–H and O–H groups in total. The van der Waals surface area contributed by atoms with E-state index in [1.165, 1.54) is 0 Å². The van der Waals surface area contributed by atoms with Crippen molar-refractivity contribution in [2.75, 3.05) is 22.9 Å². The molecular formula is C20H22N4O. The Kier molecular flexibility index (Phi) is 5.30. The second-order valence-electron chi connectivity index (χ2n) is 6.16. The predicted molar refractivity (Wildman–Crippen MR) is 100.0 cm³/mol. The Hall–Kier alpha value is -2.87. The second kappa shape index (κ2) is 7.80. The van der Waals surface area contributed by atoms with Gasteiger partial charge in [0.05, 0.1) is 6.57 Å². The van der Waals surface area contributed by atoms with E-state index in [0.29, 0.717) is 12.1 Å². The van der Waals surface area contributed by atoms with Crippen LogP contribution in [-0.2, 0) is 4.79 Å². The highest BCUT2D eigenvalue weighted by molar-refractivity contribution is 5.93. The molecule has 0 unspecified atom stereocenters. The van der Waals surface area contributed by atoms with Crippen molar-refractivity contribution >= 4 is 23.1 Å². The standard InChI is InChI=1S/C20H22N4O/c1-3-20(25)24(17-7-5-4-6-8-17)18-11-13-23(14-12-18)19-10-9-16(21-2)15-22-19/h4-10,15,18H,3,11-14H2,1H3. The number of anilines is 2. The third kappa shape index (κ3) is 3.80. The molecule has 5 nitrogen and oxygen atoms in total. The van der Waals surface area contributed by atoms with Gasteiger partial charge in [-0.05, 0) is 31.0 Å². The van der Waals surface area contributed by atoms with Crippen molar-refractivity contribution in [2.24, 2.45) is 0 Å². The van der Waals surface area contributed by atoms with E-state index in [1.807, 2.05) is 48.2 Å². The Balaban J connectivity index is 1.70. The molecule has 128 valence electrons. The molecule has 1 aromatic carbocycles. The average molecular weight is 334 g/mol. The highest BCUT2D eigenvalue weighted by Crippen LogP contribution is 2.27. The maximum absolute atomic E-state index is 12.5. The van der Waals surface area contributed by atoms with E-state index in [4.69, 9.17) is 6.57 Å². The average Bonchev–Trinajstić information content (AvgIpc) is 2.69. The zero-order chi connectivity index (χ0) is 17.6. The summed E-state index contributed by atoms with van der Waals surface area (Å²) in [4.78, 5) is 24.5. The van der Waals surface area contributed by atoms with Crippen LogP contribution in [0, 0.1) is 6.57 Å². The van der Waals surface area contributed by atoms with Crippen molar-refractivity contribution in [1.29, 1.82) is 0 Å². The van der Waals surface area contributed by atoms with Crippen molar-refractivity contribution in [1.82, 2.24) is 4.98 Å². The van der Waals surface area contributed by atoms with Crippen LogP contribution in [0.1, 0.15) is 26.2 Å². The molecule has 0 spiro atoms. The van der Waals surface area contributed by atoms with Crippen LogP contribution in [-0.4, -0.2) is 30.0 Å². The zero-order valence-electron chi connectivity index (χ0n) is 14.4. The third-order valence-corrected chi connectivity index (χ3v) is 4.62. The number of carbonyl (C=O) groups excluding carboxylic acids is 1. The van der Waals surface area contributed by atoms with Crippen molar-refractivity contribution in [2.45, 2.75) is 32.2 Å². The molecule has 1 amide bonds. The van der Waals surface area contributed by atoms with Crippen LogP contribution in [0.2, 0.25) is 0 Å². The molecule has 5 heteroatoms. The summed E-state index contributed by atoms with van der Waals surface area (Å²) in [5, 5.41) is 0. The Morgan fingerprint density at radius 2 is 1.96 bits per heavy atom. The Morgan fingerprint density at radius 1 is 1.24 bits per heavy atom. The molecule has 1 aliphatic rings. The molecule has 1 fully saturated rings. The first kappa shape index (κ1) is 17.0. The molecule has 1 aromatic heterocycles. The quantitative estimate of drug-likeness (QED) is 0.792. The van der Waals surface area contributed by atoms with E-state index < -0.39 is 0 Å². The number of amides is 1. The summed E-state index contributed by atoms with van der Waals surface area (Å²) in [5.74, 6) is 1.07. The van der Waals surface area contributed by atoms with Gasteiger partial charge in [-0.15, -0.1) is 0 Å². The fourth-order valence-electron chi connectivity index (χ4n) is 3.30. The third-order valence-electron chi connectivity index (χ3n) is 4.62. The number of para-hydroxylation sites is 1. The van der Waals surface area contributed by atoms with Crippen molar-refractivity contribution in [3.63, 3.8) is 0 Å². The van der Waals surface area contributed by atoms with E-state index in [2.05, 4.69) is 14.7 Å². The smallest absolute Gasteiger partial charge is 0.226 e. The van der Waals surface area contributed by atoms with Gasteiger partial charge in [0, 0.05) is 37.4 Å². The minimum Gasteiger partial charge on any atom is -0.357 e. The van der Waals surface area contributed by atoms with Gasteiger partial charge in [-0.1, -0.05) is 31.2 Å². The van der Waals surface area contributed by atoms with Gasteiger partial charge < -0.3 is 9.80 Å². The highest BCUT2D eigenvalue weighted by Gasteiger charge is 2.28. The lowest BCUT2D eigenvalue weighted by Gasteiger charge is -2.39. The van der Waals surface area contributed by atoms with E-state index in [9.17, 15) is 4.79 Å². The summed E-state index contributed by atoms with van der Waals surface area (Å²) in [6.45, 7) is 10.6. The molecule has 0 bridgehead atoms. The summed E-state index contributed by atoms with van der Waals surface area (Å²) in [5.41, 5.74) is 1.54. The number of hydrogen-bond acceptors (Lipinski definition) is 3. The molecule has 1 saturated heterocycles. The van der Waals surface area contributed by atoms with Gasteiger partial charge in [-0.2, -0.15) is 0 Å². The number of benzene rings is 1. The van der Waals surface area contributed by atoms with E-state index in [0.717, 1.165) is 37.4 Å². The normalized spacial score (nSPS) is 14.8. The summed E-state index contributed by atoms with van der Waals surface area (Å²) < 4.78 is 0. The predicted octanol–water partition coefficient (Wildman–Crippen LogP) is 4.04. The number of piperidine rings is 1. The first-order valence-corrected chi connectivity index (χ1v) is 8.68. The van der Waals surface area contributed by atoms with Gasteiger partial charge in [-0.3, -0.25) is 9.78 Å². The SMILES string of the molecule is [C-]#[N+]c1ccc(N2CCC(N(C(=O)CC)c3ccccc3)CC2)nc1. The van der Waals surface area contributed by atoms with Crippen molar-refractivity contribution in [3.8, 4) is 0 Å². The second-order valence-corrected chi connectivity index (χ2v) is 6.16. The monoisotopic (exact) mass is 334 g/mol. The van der Waals surface area contributed by atoms with Gasteiger partial charge in [0.2, 0.25) is 11.6 Å². The minimum absolute atomic E-state index is 0.171. The summed E-state index contributed by atoms with van der Waals surface area (Å²) in [7, 11) is 0. The minimum atomic E-state index is 0.171. The van der Waals surface area contributed by atoms with Crippen LogP contribution in [0.25, 0.3) is 4.85 Å². The van der Waals surface area contributed by atoms with Gasteiger partial charge in [0.15, 0.2) is 0 Å². The molecule has 0 saturated carbocycles. The molecule has 0 radical (unpaired) electrons. The summed E-state index contributed by atoms with van der Waals surface area (Å²) in [6, 6.07) is 13.9. The first-order valence-electron chi connectivity index (χ1n) is 8.68. The van der Waals surface area contributed by atoms with Crippen LogP contribution < -0.4 is 9.80 Å². The maximum atomic E-state index is 12.5. The molecule has 3 rings (SSSR count). The van der Waals surface area contributed by atoms with Crippen molar-refractivity contribution < 1.29 is 4.79 Å². The molecule has 0 atom stereocenters. The van der Waals surface area contributed by atoms with Gasteiger partial charge >= 0.3 is 0 Å². The molecule has 1 aliphatic heterocycles. The summed E-state index contributed by atoms with van der Waals surface area (Å²) >= 11 is 0. The van der Waals surface area contributed by atoms with Crippen LogP contribution >= 0.6 is 0 Å². The highest BCUT2D eigenvalue weighted by atomic mass is 16.2. The fourth-order valence-corrected chi connectivity index (χ4v) is 3.30. The Labute approximate surface area is 148 Å². The number of hydrogen-bond donors (Lipinski definition) is 0. The molecule has 2 aromatic rings. The first-order chi connectivity index (χ1) is 12.2. The molecular weight excluding hydrogens is 312 g/mol. The number of aromatic nitrogens is 1. The number of pyridine rings is 1.